The van der Waals surface area contributed by atoms with Crippen molar-refractivity contribution in [1.29, 1.82) is 0 Å². The molecule has 2 aromatic rings. The Hall–Kier alpha value is -2.54. The van der Waals surface area contributed by atoms with Gasteiger partial charge in [-0.2, -0.15) is 0 Å². The lowest BCUT2D eigenvalue weighted by Gasteiger charge is -2.38. The standard InChI is InChI=1S/C25H33N3O3S/c1-25(2,3)23(21-12-9-15-32-21)26-22(29)17-28-16-20(24(30)27-13-7-4-8-14-27)31-19-11-6-5-10-18(19)28/h5-6,9-12,15,20,23H,4,7-8,13-14,16-17H2,1-3H3,(H,26,29). The number of hydrogen-bond donors (Lipinski definition) is 1. The molecule has 1 aromatic carbocycles. The maximum Gasteiger partial charge on any atom is 0.265 e. The van der Waals surface area contributed by atoms with Crippen molar-refractivity contribution in [2.45, 2.75) is 52.2 Å². The number of likely N-dealkylation sites (tertiary alicyclic amines) is 1. The van der Waals surface area contributed by atoms with Gasteiger partial charge in [0.2, 0.25) is 5.91 Å². The molecule has 3 heterocycles. The monoisotopic (exact) mass is 455 g/mol. The number of carbonyl (C=O) groups is 2. The SMILES string of the molecule is CC(C)(C)C(NC(=O)CN1CC(C(=O)N2CCCCC2)Oc2ccccc21)c1cccs1. The van der Waals surface area contributed by atoms with E-state index in [9.17, 15) is 9.59 Å². The third kappa shape index (κ3) is 5.09. The van der Waals surface area contributed by atoms with Gasteiger partial charge in [-0.25, -0.2) is 0 Å². The number of carbonyl (C=O) groups excluding carboxylic acids is 2. The van der Waals surface area contributed by atoms with Crippen molar-refractivity contribution in [3.05, 3.63) is 46.7 Å². The summed E-state index contributed by atoms with van der Waals surface area (Å²) in [6.07, 6.45) is 2.66. The predicted octanol–water partition coefficient (Wildman–Crippen LogP) is 4.23. The maximum absolute atomic E-state index is 13.2. The number of benzene rings is 1. The molecule has 2 unspecified atom stereocenters. The van der Waals surface area contributed by atoms with Crippen molar-refractivity contribution in [3.8, 4) is 5.75 Å². The lowest BCUT2D eigenvalue weighted by Crippen LogP contribution is -2.53. The van der Waals surface area contributed by atoms with Crippen molar-refractivity contribution in [2.75, 3.05) is 31.1 Å². The van der Waals surface area contributed by atoms with Crippen molar-refractivity contribution in [2.24, 2.45) is 5.41 Å². The Morgan fingerprint density at radius 2 is 1.88 bits per heavy atom. The van der Waals surface area contributed by atoms with Crippen molar-refractivity contribution in [1.82, 2.24) is 10.2 Å². The summed E-state index contributed by atoms with van der Waals surface area (Å²) in [5, 5.41) is 5.28. The van der Waals surface area contributed by atoms with E-state index in [0.717, 1.165) is 36.5 Å². The van der Waals surface area contributed by atoms with Crippen LogP contribution in [0.2, 0.25) is 0 Å². The molecular formula is C25H33N3O3S. The van der Waals surface area contributed by atoms with E-state index in [2.05, 4.69) is 32.2 Å². The summed E-state index contributed by atoms with van der Waals surface area (Å²) >= 11 is 1.66. The lowest BCUT2D eigenvalue weighted by molar-refractivity contribution is -0.139. The zero-order valence-electron chi connectivity index (χ0n) is 19.2. The van der Waals surface area contributed by atoms with Gasteiger partial charge >= 0.3 is 0 Å². The molecular weight excluding hydrogens is 422 g/mol. The Balaban J connectivity index is 1.50. The van der Waals surface area contributed by atoms with Crippen LogP contribution in [0.4, 0.5) is 5.69 Å². The van der Waals surface area contributed by atoms with Crippen LogP contribution in [0.15, 0.2) is 41.8 Å². The van der Waals surface area contributed by atoms with E-state index in [1.165, 1.54) is 6.42 Å². The molecule has 32 heavy (non-hydrogen) atoms. The first-order valence-corrected chi connectivity index (χ1v) is 12.3. The molecule has 0 bridgehead atoms. The first-order chi connectivity index (χ1) is 15.3. The van der Waals surface area contributed by atoms with E-state index in [-0.39, 0.29) is 29.8 Å². The fourth-order valence-electron chi connectivity index (χ4n) is 4.45. The highest BCUT2D eigenvalue weighted by Crippen LogP contribution is 2.36. The number of hydrogen-bond acceptors (Lipinski definition) is 5. The zero-order valence-corrected chi connectivity index (χ0v) is 20.0. The summed E-state index contributed by atoms with van der Waals surface area (Å²) < 4.78 is 6.09. The molecule has 0 spiro atoms. The first-order valence-electron chi connectivity index (χ1n) is 11.4. The highest BCUT2D eigenvalue weighted by atomic mass is 32.1. The Kier molecular flexibility index (Phi) is 6.74. The average molecular weight is 456 g/mol. The number of fused-ring (bicyclic) bond motifs is 1. The number of rotatable bonds is 5. The number of thiophene rings is 1. The molecule has 2 amide bonds. The van der Waals surface area contributed by atoms with E-state index >= 15 is 0 Å². The number of nitrogens with zero attached hydrogens (tertiary/aromatic N) is 2. The second-order valence-corrected chi connectivity index (χ2v) is 10.7. The normalized spacial score (nSPS) is 19.7. The zero-order chi connectivity index (χ0) is 22.7. The van der Waals surface area contributed by atoms with Crippen LogP contribution in [0, 0.1) is 5.41 Å². The lowest BCUT2D eigenvalue weighted by atomic mass is 9.85. The van der Waals surface area contributed by atoms with Crippen LogP contribution < -0.4 is 15.0 Å². The molecule has 2 aliphatic heterocycles. The third-order valence-corrected chi connectivity index (χ3v) is 7.08. The van der Waals surface area contributed by atoms with Crippen LogP contribution in [0.25, 0.3) is 0 Å². The van der Waals surface area contributed by atoms with Gasteiger partial charge < -0.3 is 19.9 Å². The van der Waals surface area contributed by atoms with E-state index in [4.69, 9.17) is 4.74 Å². The Morgan fingerprint density at radius 3 is 2.56 bits per heavy atom. The van der Waals surface area contributed by atoms with Crippen LogP contribution in [-0.2, 0) is 9.59 Å². The van der Waals surface area contributed by atoms with Gasteiger partial charge in [-0.05, 0) is 48.3 Å². The summed E-state index contributed by atoms with van der Waals surface area (Å²) in [7, 11) is 0. The molecule has 1 aromatic heterocycles. The van der Waals surface area contributed by atoms with E-state index in [1.54, 1.807) is 11.3 Å². The topological polar surface area (TPSA) is 61.9 Å². The second kappa shape index (κ2) is 9.53. The smallest absolute Gasteiger partial charge is 0.265 e. The Labute approximate surface area is 194 Å². The molecule has 0 saturated carbocycles. The summed E-state index contributed by atoms with van der Waals surface area (Å²) in [5.41, 5.74) is 0.740. The molecule has 1 fully saturated rings. The molecule has 2 atom stereocenters. The number of piperidine rings is 1. The van der Waals surface area contributed by atoms with Crippen LogP contribution in [0.1, 0.15) is 51.0 Å². The quantitative estimate of drug-likeness (QED) is 0.733. The van der Waals surface area contributed by atoms with E-state index in [0.29, 0.717) is 12.3 Å². The molecule has 0 aliphatic carbocycles. The number of para-hydroxylation sites is 2. The van der Waals surface area contributed by atoms with Gasteiger partial charge in [0, 0.05) is 18.0 Å². The largest absolute Gasteiger partial charge is 0.477 e. The summed E-state index contributed by atoms with van der Waals surface area (Å²) in [6.45, 7) is 8.53. The number of amides is 2. The van der Waals surface area contributed by atoms with Crippen molar-refractivity contribution in [3.63, 3.8) is 0 Å². The van der Waals surface area contributed by atoms with Gasteiger partial charge in [0.25, 0.3) is 5.91 Å². The third-order valence-electron chi connectivity index (χ3n) is 6.14. The molecule has 1 saturated heterocycles. The average Bonchev–Trinajstić information content (AvgIpc) is 3.31. The summed E-state index contributed by atoms with van der Waals surface area (Å²) in [6, 6.07) is 11.7. The first kappa shape index (κ1) is 22.6. The molecule has 7 heteroatoms. The maximum atomic E-state index is 13.2. The molecule has 6 nitrogen and oxygen atoms in total. The molecule has 1 N–H and O–H groups in total. The van der Waals surface area contributed by atoms with Crippen LogP contribution in [0.5, 0.6) is 5.75 Å². The minimum atomic E-state index is -0.591. The highest BCUT2D eigenvalue weighted by molar-refractivity contribution is 7.10. The van der Waals surface area contributed by atoms with Crippen LogP contribution in [0.3, 0.4) is 0 Å². The fourth-order valence-corrected chi connectivity index (χ4v) is 5.47. The van der Waals surface area contributed by atoms with Crippen LogP contribution in [-0.4, -0.2) is 49.0 Å². The Bertz CT molecular complexity index is 932. The van der Waals surface area contributed by atoms with Crippen molar-refractivity contribution < 1.29 is 14.3 Å². The molecule has 2 aliphatic rings. The second-order valence-electron chi connectivity index (χ2n) is 9.72. The minimum Gasteiger partial charge on any atom is -0.477 e. The highest BCUT2D eigenvalue weighted by Gasteiger charge is 2.35. The number of ether oxygens (including phenoxy) is 1. The van der Waals surface area contributed by atoms with Crippen molar-refractivity contribution >= 4 is 28.8 Å². The van der Waals surface area contributed by atoms with E-state index in [1.807, 2.05) is 45.5 Å². The molecule has 172 valence electrons. The van der Waals surface area contributed by atoms with Gasteiger partial charge in [0.15, 0.2) is 6.10 Å². The fraction of sp³-hybridized carbons (Fsp3) is 0.520. The van der Waals surface area contributed by atoms with Gasteiger partial charge in [-0.3, -0.25) is 9.59 Å². The Morgan fingerprint density at radius 1 is 1.12 bits per heavy atom. The molecule has 0 radical (unpaired) electrons. The summed E-state index contributed by atoms with van der Waals surface area (Å²) in [5.74, 6) is 0.627. The predicted molar refractivity (Wildman–Crippen MR) is 128 cm³/mol. The number of anilines is 1. The molecule has 4 rings (SSSR count). The van der Waals surface area contributed by atoms with E-state index < -0.39 is 6.10 Å². The number of nitrogens with one attached hydrogen (secondary N) is 1. The van der Waals surface area contributed by atoms with Crippen LogP contribution >= 0.6 is 11.3 Å². The van der Waals surface area contributed by atoms with Gasteiger partial charge in [0.05, 0.1) is 24.8 Å². The van der Waals surface area contributed by atoms with Gasteiger partial charge in [-0.1, -0.05) is 39.0 Å². The minimum absolute atomic E-state index is 0.0239. The van der Waals surface area contributed by atoms with Gasteiger partial charge in [0.1, 0.15) is 5.75 Å². The summed E-state index contributed by atoms with van der Waals surface area (Å²) in [4.78, 5) is 31.3. The van der Waals surface area contributed by atoms with Gasteiger partial charge in [-0.15, -0.1) is 11.3 Å².